The predicted molar refractivity (Wildman–Crippen MR) is 108 cm³/mol. The molecule has 158 valence electrons. The summed E-state index contributed by atoms with van der Waals surface area (Å²) in [5.74, 6) is -1.45. The summed E-state index contributed by atoms with van der Waals surface area (Å²) in [6.45, 7) is 7.33. The van der Waals surface area contributed by atoms with Crippen LogP contribution in [0.25, 0.3) is 11.0 Å². The standard InChI is InChI=1S/C22H29NO6/c1-5-6-7-15-11-20(24)29-19-12-16(8-9-17(15)19)28-14(4)21(25)23-18(22(26)27)10-13(2)3/h8-9,11-14,18H,5-7,10H2,1-4H3,(H,23,25)(H,26,27)/p-1/t14-,18-/m0/s1. The number of unbranched alkanes of at least 4 members (excludes halogenated alkanes) is 1. The first-order valence-corrected chi connectivity index (χ1v) is 9.96. The lowest BCUT2D eigenvalue weighted by molar-refractivity contribution is -0.308. The average Bonchev–Trinajstić information content (AvgIpc) is 2.64. The summed E-state index contributed by atoms with van der Waals surface area (Å²) < 4.78 is 10.9. The van der Waals surface area contributed by atoms with Crippen molar-refractivity contribution in [1.29, 1.82) is 0 Å². The summed E-state index contributed by atoms with van der Waals surface area (Å²) in [6, 6.07) is 5.49. The second-order valence-corrected chi connectivity index (χ2v) is 7.62. The van der Waals surface area contributed by atoms with Crippen molar-refractivity contribution in [3.8, 4) is 5.75 Å². The van der Waals surface area contributed by atoms with E-state index in [2.05, 4.69) is 12.2 Å². The number of carbonyl (C=O) groups excluding carboxylic acids is 2. The van der Waals surface area contributed by atoms with E-state index >= 15 is 0 Å². The lowest BCUT2D eigenvalue weighted by Crippen LogP contribution is -2.51. The van der Waals surface area contributed by atoms with Gasteiger partial charge >= 0.3 is 5.63 Å². The number of benzene rings is 1. The third-order valence-corrected chi connectivity index (χ3v) is 4.59. The van der Waals surface area contributed by atoms with Crippen molar-refractivity contribution < 1.29 is 23.8 Å². The Labute approximate surface area is 170 Å². The smallest absolute Gasteiger partial charge is 0.336 e. The number of hydrogen-bond acceptors (Lipinski definition) is 6. The molecule has 7 heteroatoms. The van der Waals surface area contributed by atoms with Gasteiger partial charge in [-0.05, 0) is 49.8 Å². The molecule has 0 aliphatic heterocycles. The fourth-order valence-corrected chi connectivity index (χ4v) is 3.09. The van der Waals surface area contributed by atoms with Gasteiger partial charge in [-0.1, -0.05) is 27.2 Å². The van der Waals surface area contributed by atoms with E-state index in [1.165, 1.54) is 13.0 Å². The maximum atomic E-state index is 12.3. The Morgan fingerprint density at radius 2 is 1.93 bits per heavy atom. The first-order valence-electron chi connectivity index (χ1n) is 9.96. The normalized spacial score (nSPS) is 13.3. The number of aliphatic carboxylic acids is 1. The van der Waals surface area contributed by atoms with Gasteiger partial charge < -0.3 is 24.4 Å². The summed E-state index contributed by atoms with van der Waals surface area (Å²) in [5.41, 5.74) is 0.874. The maximum absolute atomic E-state index is 12.3. The molecule has 1 aromatic heterocycles. The molecule has 1 heterocycles. The van der Waals surface area contributed by atoms with E-state index < -0.39 is 29.6 Å². The first kappa shape index (κ1) is 22.5. The molecule has 0 radical (unpaired) electrons. The Morgan fingerprint density at radius 3 is 2.55 bits per heavy atom. The van der Waals surface area contributed by atoms with Crippen LogP contribution in [0.5, 0.6) is 5.75 Å². The van der Waals surface area contributed by atoms with E-state index in [0.717, 1.165) is 30.2 Å². The van der Waals surface area contributed by atoms with Crippen molar-refractivity contribution >= 4 is 22.8 Å². The van der Waals surface area contributed by atoms with Gasteiger partial charge in [0.1, 0.15) is 11.3 Å². The largest absolute Gasteiger partial charge is 0.548 e. The minimum Gasteiger partial charge on any atom is -0.548 e. The topological polar surface area (TPSA) is 109 Å². The predicted octanol–water partition coefficient (Wildman–Crippen LogP) is 2.18. The number of ether oxygens (including phenoxy) is 1. The van der Waals surface area contributed by atoms with E-state index in [-0.39, 0.29) is 12.3 Å². The molecule has 29 heavy (non-hydrogen) atoms. The van der Waals surface area contributed by atoms with Crippen LogP contribution < -0.4 is 20.8 Å². The van der Waals surface area contributed by atoms with Crippen molar-refractivity contribution in [1.82, 2.24) is 5.32 Å². The Hall–Kier alpha value is -2.83. The molecular formula is C22H28NO6-. The third kappa shape index (κ3) is 6.34. The van der Waals surface area contributed by atoms with Crippen LogP contribution in [0, 0.1) is 5.92 Å². The summed E-state index contributed by atoms with van der Waals surface area (Å²) >= 11 is 0. The molecule has 7 nitrogen and oxygen atoms in total. The van der Waals surface area contributed by atoms with Gasteiger partial charge in [-0.2, -0.15) is 0 Å². The molecule has 2 atom stereocenters. The van der Waals surface area contributed by atoms with Gasteiger partial charge in [0, 0.05) is 17.5 Å². The Kier molecular flexibility index (Phi) is 7.82. The summed E-state index contributed by atoms with van der Waals surface area (Å²) in [4.78, 5) is 35.4. The minimum atomic E-state index is -1.33. The van der Waals surface area contributed by atoms with Gasteiger partial charge in [-0.3, -0.25) is 4.79 Å². The van der Waals surface area contributed by atoms with Crippen LogP contribution in [0.2, 0.25) is 0 Å². The highest BCUT2D eigenvalue weighted by molar-refractivity contribution is 5.86. The number of carbonyl (C=O) groups is 2. The Balaban J connectivity index is 2.15. The molecule has 0 unspecified atom stereocenters. The number of hydrogen-bond donors (Lipinski definition) is 1. The van der Waals surface area contributed by atoms with Crippen molar-refractivity contribution in [3.63, 3.8) is 0 Å². The molecule has 0 spiro atoms. The third-order valence-electron chi connectivity index (χ3n) is 4.59. The lowest BCUT2D eigenvalue weighted by Gasteiger charge is -2.23. The quantitative estimate of drug-likeness (QED) is 0.610. The average molecular weight is 402 g/mol. The molecule has 0 saturated carbocycles. The molecule has 0 aliphatic rings. The van der Waals surface area contributed by atoms with Crippen molar-refractivity contribution in [3.05, 3.63) is 40.2 Å². The first-order chi connectivity index (χ1) is 13.7. The van der Waals surface area contributed by atoms with E-state index in [4.69, 9.17) is 9.15 Å². The number of carboxylic acid groups (broad SMARTS) is 1. The fraction of sp³-hybridized carbons (Fsp3) is 0.500. The van der Waals surface area contributed by atoms with Gasteiger partial charge in [-0.25, -0.2) is 4.79 Å². The lowest BCUT2D eigenvalue weighted by atomic mass is 10.0. The highest BCUT2D eigenvalue weighted by Crippen LogP contribution is 2.24. The zero-order valence-electron chi connectivity index (χ0n) is 17.3. The Morgan fingerprint density at radius 1 is 1.21 bits per heavy atom. The van der Waals surface area contributed by atoms with Gasteiger partial charge in [0.05, 0.1) is 12.0 Å². The molecule has 0 saturated heterocycles. The fourth-order valence-electron chi connectivity index (χ4n) is 3.09. The molecule has 0 fully saturated rings. The number of fused-ring (bicyclic) bond motifs is 1. The van der Waals surface area contributed by atoms with Crippen molar-refractivity contribution in [2.24, 2.45) is 5.92 Å². The van der Waals surface area contributed by atoms with Crippen LogP contribution in [0.1, 0.15) is 52.5 Å². The van der Waals surface area contributed by atoms with Crippen molar-refractivity contribution in [2.75, 3.05) is 0 Å². The van der Waals surface area contributed by atoms with Gasteiger partial charge in [0.2, 0.25) is 0 Å². The maximum Gasteiger partial charge on any atom is 0.336 e. The number of nitrogens with one attached hydrogen (secondary N) is 1. The number of carboxylic acids is 1. The monoisotopic (exact) mass is 402 g/mol. The van der Waals surface area contributed by atoms with Crippen LogP contribution in [0.3, 0.4) is 0 Å². The van der Waals surface area contributed by atoms with Gasteiger partial charge in [0.15, 0.2) is 6.10 Å². The van der Waals surface area contributed by atoms with Gasteiger partial charge in [0.25, 0.3) is 5.91 Å². The second-order valence-electron chi connectivity index (χ2n) is 7.62. The molecule has 0 aliphatic carbocycles. The van der Waals surface area contributed by atoms with Crippen LogP contribution in [-0.4, -0.2) is 24.0 Å². The zero-order valence-corrected chi connectivity index (χ0v) is 17.3. The van der Waals surface area contributed by atoms with Crippen LogP contribution >= 0.6 is 0 Å². The summed E-state index contributed by atoms with van der Waals surface area (Å²) in [6.07, 6.45) is 2.08. The molecular weight excluding hydrogens is 374 g/mol. The van der Waals surface area contributed by atoms with E-state index in [1.807, 2.05) is 13.8 Å². The highest BCUT2D eigenvalue weighted by Gasteiger charge is 2.21. The molecule has 1 amide bonds. The van der Waals surface area contributed by atoms with Crippen molar-refractivity contribution in [2.45, 2.75) is 65.5 Å². The molecule has 2 rings (SSSR count). The Bertz CT molecular complexity index is 917. The zero-order chi connectivity index (χ0) is 21.6. The summed E-state index contributed by atoms with van der Waals surface area (Å²) in [5, 5.41) is 14.5. The van der Waals surface area contributed by atoms with Crippen LogP contribution in [0.15, 0.2) is 33.5 Å². The van der Waals surface area contributed by atoms with Crippen LogP contribution in [0.4, 0.5) is 0 Å². The molecule has 0 bridgehead atoms. The number of amides is 1. The molecule has 1 N–H and O–H groups in total. The van der Waals surface area contributed by atoms with E-state index in [9.17, 15) is 19.5 Å². The highest BCUT2D eigenvalue weighted by atomic mass is 16.5. The van der Waals surface area contributed by atoms with E-state index in [1.54, 1.807) is 18.2 Å². The van der Waals surface area contributed by atoms with E-state index in [0.29, 0.717) is 11.3 Å². The molecule has 2 aromatic rings. The number of aryl methyl sites for hydroxylation is 1. The summed E-state index contributed by atoms with van der Waals surface area (Å²) in [7, 11) is 0. The second kappa shape index (κ2) is 10.1. The SMILES string of the molecule is CCCCc1cc(=O)oc2cc(O[C@@H](C)C(=O)N[C@@H](CC(C)C)C(=O)[O-])ccc12. The number of rotatable bonds is 10. The minimum absolute atomic E-state index is 0.0831. The van der Waals surface area contributed by atoms with Crippen LogP contribution in [-0.2, 0) is 16.0 Å². The molecule has 1 aromatic carbocycles. The van der Waals surface area contributed by atoms with Gasteiger partial charge in [-0.15, -0.1) is 0 Å².